The molecule has 0 aromatic carbocycles. The monoisotopic (exact) mass is 209 g/mol. The van der Waals surface area contributed by atoms with Crippen LogP contribution in [-0.2, 0) is 6.42 Å². The summed E-state index contributed by atoms with van der Waals surface area (Å²) in [4.78, 5) is 25.0. The molecular weight excluding hydrogens is 198 g/mol. The van der Waals surface area contributed by atoms with Gasteiger partial charge in [-0.1, -0.05) is 6.92 Å². The van der Waals surface area contributed by atoms with Gasteiger partial charge < -0.3 is 15.4 Å². The van der Waals surface area contributed by atoms with Gasteiger partial charge in [0.1, 0.15) is 0 Å². The molecule has 0 bridgehead atoms. The smallest absolute Gasteiger partial charge is 0.358 e. The summed E-state index contributed by atoms with van der Waals surface area (Å²) < 4.78 is 0. The fourth-order valence-electron chi connectivity index (χ4n) is 1.12. The van der Waals surface area contributed by atoms with E-state index in [2.05, 4.69) is 10.3 Å². The number of rotatable bonds is 3. The summed E-state index contributed by atoms with van der Waals surface area (Å²) in [5, 5.41) is 13.0. The summed E-state index contributed by atoms with van der Waals surface area (Å²) in [6, 6.07) is 2.71. The summed E-state index contributed by atoms with van der Waals surface area (Å²) in [5.74, 6) is -0.650. The van der Waals surface area contributed by atoms with Gasteiger partial charge in [-0.15, -0.1) is 0 Å². The van der Waals surface area contributed by atoms with Crippen molar-refractivity contribution >= 4 is 11.7 Å². The second-order valence-corrected chi connectivity index (χ2v) is 2.90. The molecule has 6 heteroatoms. The standard InChI is InChI=1S/C9H11N3O3/c1-3-7-4-6(9(13)10-2)5-8(11-7)12(14)15/h4-5H,3H2,1-2H3,(H,10,13). The lowest BCUT2D eigenvalue weighted by molar-refractivity contribution is -0.389. The van der Waals surface area contributed by atoms with Gasteiger partial charge in [0.2, 0.25) is 0 Å². The highest BCUT2D eigenvalue weighted by Gasteiger charge is 2.15. The van der Waals surface area contributed by atoms with Crippen molar-refractivity contribution in [1.29, 1.82) is 0 Å². The summed E-state index contributed by atoms with van der Waals surface area (Å²) in [6.07, 6.45) is 0.547. The van der Waals surface area contributed by atoms with Crippen LogP contribution in [0.2, 0.25) is 0 Å². The molecule has 1 heterocycles. The number of nitrogens with zero attached hydrogens (tertiary/aromatic N) is 2. The van der Waals surface area contributed by atoms with Crippen LogP contribution in [0.25, 0.3) is 0 Å². The summed E-state index contributed by atoms with van der Waals surface area (Å²) >= 11 is 0. The Morgan fingerprint density at radius 1 is 1.60 bits per heavy atom. The number of nitrogens with one attached hydrogen (secondary N) is 1. The van der Waals surface area contributed by atoms with Gasteiger partial charge in [-0.2, -0.15) is 0 Å². The van der Waals surface area contributed by atoms with Crippen molar-refractivity contribution in [2.24, 2.45) is 0 Å². The average molecular weight is 209 g/mol. The molecule has 6 nitrogen and oxygen atoms in total. The maximum atomic E-state index is 11.3. The van der Waals surface area contributed by atoms with Crippen molar-refractivity contribution in [3.63, 3.8) is 0 Å². The zero-order valence-corrected chi connectivity index (χ0v) is 8.48. The van der Waals surface area contributed by atoms with Crippen molar-refractivity contribution in [3.8, 4) is 0 Å². The predicted molar refractivity (Wildman–Crippen MR) is 53.7 cm³/mol. The summed E-state index contributed by atoms with van der Waals surface area (Å²) in [5.41, 5.74) is 0.791. The number of aromatic nitrogens is 1. The van der Waals surface area contributed by atoms with Crippen LogP contribution in [0.15, 0.2) is 12.1 Å². The number of aryl methyl sites for hydroxylation is 1. The molecule has 0 saturated heterocycles. The van der Waals surface area contributed by atoms with Crippen LogP contribution in [-0.4, -0.2) is 22.9 Å². The van der Waals surface area contributed by atoms with Crippen LogP contribution in [0.3, 0.4) is 0 Å². The third-order valence-electron chi connectivity index (χ3n) is 1.90. The largest absolute Gasteiger partial charge is 0.364 e. The third-order valence-corrected chi connectivity index (χ3v) is 1.90. The maximum absolute atomic E-state index is 11.3. The summed E-state index contributed by atoms with van der Waals surface area (Å²) in [6.45, 7) is 1.82. The molecule has 0 spiro atoms. The van der Waals surface area contributed by atoms with Crippen LogP contribution in [0, 0.1) is 10.1 Å². The van der Waals surface area contributed by atoms with Gasteiger partial charge >= 0.3 is 5.82 Å². The number of amides is 1. The van der Waals surface area contributed by atoms with Crippen molar-refractivity contribution in [1.82, 2.24) is 10.3 Å². The van der Waals surface area contributed by atoms with E-state index in [4.69, 9.17) is 0 Å². The van der Waals surface area contributed by atoms with Crippen LogP contribution >= 0.6 is 0 Å². The van der Waals surface area contributed by atoms with E-state index in [0.717, 1.165) is 6.07 Å². The van der Waals surface area contributed by atoms with Crippen molar-refractivity contribution in [2.45, 2.75) is 13.3 Å². The molecule has 0 radical (unpaired) electrons. The van der Waals surface area contributed by atoms with E-state index < -0.39 is 4.92 Å². The Kier molecular flexibility index (Phi) is 3.33. The number of hydrogen-bond donors (Lipinski definition) is 1. The molecule has 15 heavy (non-hydrogen) atoms. The Hall–Kier alpha value is -1.98. The molecule has 0 atom stereocenters. The topological polar surface area (TPSA) is 85.1 Å². The molecular formula is C9H11N3O3. The molecule has 1 aromatic rings. The number of nitro groups is 1. The molecule has 1 aromatic heterocycles. The van der Waals surface area contributed by atoms with Crippen LogP contribution in [0.1, 0.15) is 23.0 Å². The third kappa shape index (κ3) is 2.49. The van der Waals surface area contributed by atoms with Crippen LogP contribution in [0.5, 0.6) is 0 Å². The van der Waals surface area contributed by atoms with Gasteiger partial charge in [0.25, 0.3) is 5.91 Å². The van der Waals surface area contributed by atoms with Crippen molar-refractivity contribution in [3.05, 3.63) is 33.5 Å². The molecule has 0 saturated carbocycles. The zero-order valence-electron chi connectivity index (χ0n) is 8.48. The predicted octanol–water partition coefficient (Wildman–Crippen LogP) is 0.912. The fourth-order valence-corrected chi connectivity index (χ4v) is 1.12. The van der Waals surface area contributed by atoms with Crippen molar-refractivity contribution in [2.75, 3.05) is 7.05 Å². The minimum atomic E-state index is -0.606. The van der Waals surface area contributed by atoms with Gasteiger partial charge in [0.05, 0.1) is 5.56 Å². The Bertz CT molecular complexity index is 404. The van der Waals surface area contributed by atoms with E-state index in [1.165, 1.54) is 7.05 Å². The first-order valence-electron chi connectivity index (χ1n) is 4.46. The minimum Gasteiger partial charge on any atom is -0.358 e. The Morgan fingerprint density at radius 3 is 2.73 bits per heavy atom. The lowest BCUT2D eigenvalue weighted by Crippen LogP contribution is -2.18. The molecule has 0 aliphatic carbocycles. The second-order valence-electron chi connectivity index (χ2n) is 2.90. The molecule has 0 unspecified atom stereocenters. The van der Waals surface area contributed by atoms with Gasteiger partial charge in [-0.25, -0.2) is 0 Å². The van der Waals surface area contributed by atoms with Gasteiger partial charge in [-0.3, -0.25) is 4.79 Å². The first-order valence-corrected chi connectivity index (χ1v) is 4.46. The van der Waals surface area contributed by atoms with Gasteiger partial charge in [0.15, 0.2) is 5.69 Å². The van der Waals surface area contributed by atoms with Gasteiger partial charge in [0, 0.05) is 19.5 Å². The molecule has 0 aliphatic heterocycles. The Morgan fingerprint density at radius 2 is 2.27 bits per heavy atom. The lowest BCUT2D eigenvalue weighted by Gasteiger charge is -2.00. The number of pyridine rings is 1. The molecule has 1 rings (SSSR count). The lowest BCUT2D eigenvalue weighted by atomic mass is 10.2. The maximum Gasteiger partial charge on any atom is 0.364 e. The van der Waals surface area contributed by atoms with Gasteiger partial charge in [-0.05, 0) is 16.0 Å². The van der Waals surface area contributed by atoms with E-state index in [9.17, 15) is 14.9 Å². The number of hydrogen-bond acceptors (Lipinski definition) is 4. The zero-order chi connectivity index (χ0) is 11.4. The SMILES string of the molecule is CCc1cc(C(=O)NC)cc([N+](=O)[O-])n1. The van der Waals surface area contributed by atoms with Crippen molar-refractivity contribution < 1.29 is 9.72 Å². The van der Waals surface area contributed by atoms with E-state index in [0.29, 0.717) is 12.1 Å². The minimum absolute atomic E-state index is 0.260. The highest BCUT2D eigenvalue weighted by Crippen LogP contribution is 2.13. The highest BCUT2D eigenvalue weighted by molar-refractivity contribution is 5.94. The second kappa shape index (κ2) is 4.50. The highest BCUT2D eigenvalue weighted by atomic mass is 16.6. The van der Waals surface area contributed by atoms with E-state index in [1.807, 2.05) is 6.92 Å². The van der Waals surface area contributed by atoms with E-state index >= 15 is 0 Å². The Labute approximate surface area is 86.5 Å². The molecule has 0 fully saturated rings. The molecule has 0 aliphatic rings. The average Bonchev–Trinajstić information content (AvgIpc) is 2.27. The van der Waals surface area contributed by atoms with Crippen LogP contribution in [0.4, 0.5) is 5.82 Å². The van der Waals surface area contributed by atoms with E-state index in [-0.39, 0.29) is 17.3 Å². The summed E-state index contributed by atoms with van der Waals surface area (Å²) in [7, 11) is 1.47. The first kappa shape index (κ1) is 11.1. The number of carbonyl (C=O) groups is 1. The quantitative estimate of drug-likeness (QED) is 0.592. The van der Waals surface area contributed by atoms with E-state index in [1.54, 1.807) is 6.07 Å². The Balaban J connectivity index is 3.23. The van der Waals surface area contributed by atoms with Crippen LogP contribution < -0.4 is 5.32 Å². The molecule has 80 valence electrons. The number of carbonyl (C=O) groups excluding carboxylic acids is 1. The fraction of sp³-hybridized carbons (Fsp3) is 0.333. The molecule has 1 amide bonds. The molecule has 1 N–H and O–H groups in total. The first-order chi connectivity index (χ1) is 7.08. The normalized spacial score (nSPS) is 9.73.